The van der Waals surface area contributed by atoms with Crippen LogP contribution in [0, 0.1) is 12.7 Å². The highest BCUT2D eigenvalue weighted by Crippen LogP contribution is 2.27. The van der Waals surface area contributed by atoms with E-state index in [1.165, 1.54) is 29.2 Å². The van der Waals surface area contributed by atoms with Gasteiger partial charge in [0, 0.05) is 30.1 Å². The molecule has 1 atom stereocenters. The third kappa shape index (κ3) is 8.93. The standard InChI is InChI=1S/C35H37ClFN3O4S/c1-3-4-21-38-35(42)33(22-27-11-6-5-7-12-27)39(24-28-13-8-9-16-32(28)37)34(41)25-40(30-15-10-14-29(36)23-30)45(43,44)31-19-17-26(2)18-20-31/h5-20,23,33H,3-4,21-22,24-25H2,1-2H3,(H,38,42)/t33-/m1/s1. The van der Waals surface area contributed by atoms with Crippen molar-refractivity contribution in [3.8, 4) is 0 Å². The van der Waals surface area contributed by atoms with Crippen molar-refractivity contribution in [3.63, 3.8) is 0 Å². The molecule has 236 valence electrons. The van der Waals surface area contributed by atoms with Gasteiger partial charge in [-0.3, -0.25) is 13.9 Å². The number of anilines is 1. The van der Waals surface area contributed by atoms with E-state index in [1.807, 2.05) is 44.2 Å². The molecule has 0 fully saturated rings. The number of unbranched alkanes of at least 4 members (excludes halogenated alkanes) is 1. The summed E-state index contributed by atoms with van der Waals surface area (Å²) in [5, 5.41) is 3.20. The molecule has 0 aliphatic carbocycles. The molecule has 0 spiro atoms. The molecule has 4 aromatic carbocycles. The van der Waals surface area contributed by atoms with Gasteiger partial charge in [0.05, 0.1) is 10.6 Å². The molecule has 0 bridgehead atoms. The van der Waals surface area contributed by atoms with Crippen LogP contribution in [0.5, 0.6) is 0 Å². The summed E-state index contributed by atoms with van der Waals surface area (Å²) < 4.78 is 44.1. The predicted octanol–water partition coefficient (Wildman–Crippen LogP) is 6.54. The molecule has 4 aromatic rings. The number of sulfonamides is 1. The molecule has 0 saturated carbocycles. The highest BCUT2D eigenvalue weighted by molar-refractivity contribution is 7.92. The van der Waals surface area contributed by atoms with Gasteiger partial charge in [-0.15, -0.1) is 0 Å². The fourth-order valence-electron chi connectivity index (χ4n) is 4.87. The summed E-state index contributed by atoms with van der Waals surface area (Å²) in [6, 6.07) is 26.7. The van der Waals surface area contributed by atoms with Crippen LogP contribution in [0.4, 0.5) is 10.1 Å². The second kappa shape index (κ2) is 15.7. The van der Waals surface area contributed by atoms with Crippen LogP contribution in [0.15, 0.2) is 108 Å². The molecular weight excluding hydrogens is 613 g/mol. The number of hydrogen-bond acceptors (Lipinski definition) is 4. The minimum Gasteiger partial charge on any atom is -0.354 e. The summed E-state index contributed by atoms with van der Waals surface area (Å²) in [4.78, 5) is 29.4. The second-order valence-electron chi connectivity index (χ2n) is 10.8. The summed E-state index contributed by atoms with van der Waals surface area (Å²) in [7, 11) is -4.27. The van der Waals surface area contributed by atoms with Crippen LogP contribution in [0.2, 0.25) is 5.02 Å². The van der Waals surface area contributed by atoms with Gasteiger partial charge in [-0.05, 0) is 55.3 Å². The van der Waals surface area contributed by atoms with E-state index >= 15 is 4.39 Å². The largest absolute Gasteiger partial charge is 0.354 e. The molecule has 0 aliphatic heterocycles. The maximum atomic E-state index is 15.0. The van der Waals surface area contributed by atoms with E-state index in [0.717, 1.165) is 28.3 Å². The molecule has 0 aromatic heterocycles. The number of hydrogen-bond donors (Lipinski definition) is 1. The Kier molecular flexibility index (Phi) is 11.7. The Morgan fingerprint density at radius 2 is 1.60 bits per heavy atom. The zero-order valence-electron chi connectivity index (χ0n) is 25.3. The summed E-state index contributed by atoms with van der Waals surface area (Å²) in [6.07, 6.45) is 1.73. The maximum Gasteiger partial charge on any atom is 0.264 e. The Hall–Kier alpha value is -4.21. The first-order chi connectivity index (χ1) is 21.6. The highest BCUT2D eigenvalue weighted by Gasteiger charge is 2.35. The first kappa shape index (κ1) is 33.7. The monoisotopic (exact) mass is 649 g/mol. The molecule has 0 aliphatic rings. The fourth-order valence-corrected chi connectivity index (χ4v) is 6.46. The van der Waals surface area contributed by atoms with Gasteiger partial charge in [-0.2, -0.15) is 0 Å². The van der Waals surface area contributed by atoms with Crippen LogP contribution < -0.4 is 9.62 Å². The fraction of sp³-hybridized carbons (Fsp3) is 0.257. The number of nitrogens with one attached hydrogen (secondary N) is 1. The van der Waals surface area contributed by atoms with Crippen LogP contribution in [-0.4, -0.2) is 44.3 Å². The third-order valence-corrected chi connectivity index (χ3v) is 9.41. The summed E-state index contributed by atoms with van der Waals surface area (Å²) in [5.41, 5.74) is 2.03. The molecule has 0 saturated heterocycles. The predicted molar refractivity (Wildman–Crippen MR) is 176 cm³/mol. The van der Waals surface area contributed by atoms with E-state index in [0.29, 0.717) is 6.54 Å². The van der Waals surface area contributed by atoms with Crippen molar-refractivity contribution in [1.82, 2.24) is 10.2 Å². The third-order valence-electron chi connectivity index (χ3n) is 7.38. The van der Waals surface area contributed by atoms with Crippen molar-refractivity contribution >= 4 is 39.1 Å². The van der Waals surface area contributed by atoms with Gasteiger partial charge in [-0.1, -0.05) is 97.2 Å². The summed E-state index contributed by atoms with van der Waals surface area (Å²) in [5.74, 6) is -1.63. The number of benzene rings is 4. The topological polar surface area (TPSA) is 86.8 Å². The zero-order valence-corrected chi connectivity index (χ0v) is 26.9. The molecule has 1 N–H and O–H groups in total. The summed E-state index contributed by atoms with van der Waals surface area (Å²) in [6.45, 7) is 3.34. The number of rotatable bonds is 14. The normalized spacial score (nSPS) is 11.9. The van der Waals surface area contributed by atoms with Crippen LogP contribution in [0.25, 0.3) is 0 Å². The highest BCUT2D eigenvalue weighted by atomic mass is 35.5. The van der Waals surface area contributed by atoms with E-state index in [2.05, 4.69) is 5.32 Å². The average molecular weight is 650 g/mol. The Balaban J connectivity index is 1.80. The average Bonchev–Trinajstić information content (AvgIpc) is 3.03. The van der Waals surface area contributed by atoms with Gasteiger partial charge in [0.1, 0.15) is 18.4 Å². The Bertz CT molecular complexity index is 1700. The van der Waals surface area contributed by atoms with Gasteiger partial charge in [0.2, 0.25) is 11.8 Å². The SMILES string of the molecule is CCCCNC(=O)[C@@H](Cc1ccccc1)N(Cc1ccccc1F)C(=O)CN(c1cccc(Cl)c1)S(=O)(=O)c1ccc(C)cc1. The number of carbonyl (C=O) groups excluding carboxylic acids is 2. The van der Waals surface area contributed by atoms with Gasteiger partial charge < -0.3 is 10.2 Å². The van der Waals surface area contributed by atoms with E-state index in [9.17, 15) is 18.0 Å². The lowest BCUT2D eigenvalue weighted by molar-refractivity contribution is -0.140. The van der Waals surface area contributed by atoms with Crippen molar-refractivity contribution in [2.24, 2.45) is 0 Å². The molecule has 7 nitrogen and oxygen atoms in total. The minimum absolute atomic E-state index is 0.0142. The second-order valence-corrected chi connectivity index (χ2v) is 13.1. The molecule has 0 heterocycles. The van der Waals surface area contributed by atoms with Crippen LogP contribution in [0.3, 0.4) is 0 Å². The van der Waals surface area contributed by atoms with Crippen LogP contribution in [0.1, 0.15) is 36.5 Å². The van der Waals surface area contributed by atoms with Gasteiger partial charge >= 0.3 is 0 Å². The Morgan fingerprint density at radius 1 is 0.911 bits per heavy atom. The maximum absolute atomic E-state index is 15.0. The molecule has 45 heavy (non-hydrogen) atoms. The smallest absolute Gasteiger partial charge is 0.264 e. The van der Waals surface area contributed by atoms with Crippen molar-refractivity contribution in [3.05, 3.63) is 131 Å². The van der Waals surface area contributed by atoms with Crippen molar-refractivity contribution in [2.45, 2.75) is 50.6 Å². The van der Waals surface area contributed by atoms with Crippen LogP contribution in [-0.2, 0) is 32.6 Å². The quantitative estimate of drug-likeness (QED) is 0.157. The number of aryl methyl sites for hydroxylation is 1. The van der Waals surface area contributed by atoms with Crippen molar-refractivity contribution in [1.29, 1.82) is 0 Å². The molecule has 0 unspecified atom stereocenters. The van der Waals surface area contributed by atoms with Crippen molar-refractivity contribution in [2.75, 3.05) is 17.4 Å². The van der Waals surface area contributed by atoms with Crippen molar-refractivity contribution < 1.29 is 22.4 Å². The van der Waals surface area contributed by atoms with Gasteiger partial charge in [0.15, 0.2) is 0 Å². The molecule has 4 rings (SSSR count). The van der Waals surface area contributed by atoms with E-state index < -0.39 is 40.2 Å². The lowest BCUT2D eigenvalue weighted by Crippen LogP contribution is -2.53. The number of halogens is 2. The first-order valence-corrected chi connectivity index (χ1v) is 16.6. The van der Waals surface area contributed by atoms with E-state index in [1.54, 1.807) is 48.5 Å². The van der Waals surface area contributed by atoms with E-state index in [-0.39, 0.29) is 34.1 Å². The number of nitrogens with zero attached hydrogens (tertiary/aromatic N) is 2. The Labute approximate surface area is 269 Å². The summed E-state index contributed by atoms with van der Waals surface area (Å²) >= 11 is 6.26. The van der Waals surface area contributed by atoms with Crippen LogP contribution >= 0.6 is 11.6 Å². The lowest BCUT2D eigenvalue weighted by Gasteiger charge is -2.34. The van der Waals surface area contributed by atoms with Gasteiger partial charge in [-0.25, -0.2) is 12.8 Å². The van der Waals surface area contributed by atoms with Gasteiger partial charge in [0.25, 0.3) is 10.0 Å². The number of amides is 2. The van der Waals surface area contributed by atoms with E-state index in [4.69, 9.17) is 11.6 Å². The lowest BCUT2D eigenvalue weighted by atomic mass is 10.0. The molecule has 2 amide bonds. The molecule has 10 heteroatoms. The number of carbonyl (C=O) groups is 2. The zero-order chi connectivity index (χ0) is 32.4. The minimum atomic E-state index is -4.27. The molecular formula is C35H37ClFN3O4S. The first-order valence-electron chi connectivity index (χ1n) is 14.8. The molecule has 0 radical (unpaired) electrons. The Morgan fingerprint density at radius 3 is 2.27 bits per heavy atom.